The van der Waals surface area contributed by atoms with Gasteiger partial charge in [-0.25, -0.2) is 0 Å². The van der Waals surface area contributed by atoms with Gasteiger partial charge in [-0.2, -0.15) is 0 Å². The number of halogens is 1. The van der Waals surface area contributed by atoms with Crippen molar-refractivity contribution in [1.82, 2.24) is 10.3 Å². The van der Waals surface area contributed by atoms with Crippen LogP contribution in [0.3, 0.4) is 0 Å². The van der Waals surface area contributed by atoms with Crippen LogP contribution in [0.1, 0.15) is 29.2 Å². The van der Waals surface area contributed by atoms with Crippen LogP contribution >= 0.6 is 24.0 Å². The Balaban J connectivity index is 0.00000210. The van der Waals surface area contributed by atoms with Crippen molar-refractivity contribution < 1.29 is 4.74 Å². The van der Waals surface area contributed by atoms with Crippen molar-refractivity contribution in [3.05, 3.63) is 65.4 Å². The summed E-state index contributed by atoms with van der Waals surface area (Å²) in [4.78, 5) is 7.87. The Kier molecular flexibility index (Phi) is 6.26. The number of aliphatic imine (C=N–C) groups is 1. The molecule has 0 fully saturated rings. The van der Waals surface area contributed by atoms with Crippen LogP contribution in [0.5, 0.6) is 5.75 Å². The number of aromatic nitrogens is 1. The van der Waals surface area contributed by atoms with Gasteiger partial charge in [0.05, 0.1) is 12.6 Å². The van der Waals surface area contributed by atoms with Crippen molar-refractivity contribution in [2.24, 2.45) is 10.7 Å². The fraction of sp³-hybridized carbons (Fsp3) is 0.286. The topological polar surface area (TPSA) is 75.4 Å². The number of ether oxygens (including phenoxy) is 1. The maximum atomic E-state index is 6.13. The maximum Gasteiger partial charge on any atom is 0.189 e. The lowest BCUT2D eigenvalue weighted by Crippen LogP contribution is -2.37. The second-order valence-corrected chi connectivity index (χ2v) is 6.70. The third-order valence-electron chi connectivity index (χ3n) is 4.94. The van der Waals surface area contributed by atoms with E-state index in [0.29, 0.717) is 19.1 Å². The molecule has 142 valence electrons. The molecule has 27 heavy (non-hydrogen) atoms. The first kappa shape index (κ1) is 19.5. The summed E-state index contributed by atoms with van der Waals surface area (Å²) in [6.45, 7) is 3.49. The highest BCUT2D eigenvalue weighted by Gasteiger charge is 2.21. The lowest BCUT2D eigenvalue weighted by Gasteiger charge is -2.26. The minimum absolute atomic E-state index is 0. The Hall–Kier alpha value is -2.22. The molecule has 0 saturated heterocycles. The monoisotopic (exact) mass is 476 g/mol. The highest BCUT2D eigenvalue weighted by Crippen LogP contribution is 2.31. The number of hydrogen-bond acceptors (Lipinski definition) is 2. The largest absolute Gasteiger partial charge is 0.493 e. The van der Waals surface area contributed by atoms with Crippen molar-refractivity contribution in [1.29, 1.82) is 0 Å². The molecule has 5 nitrogen and oxygen atoms in total. The fourth-order valence-corrected chi connectivity index (χ4v) is 3.66. The van der Waals surface area contributed by atoms with Crippen molar-refractivity contribution in [2.45, 2.75) is 25.8 Å². The fourth-order valence-electron chi connectivity index (χ4n) is 3.66. The van der Waals surface area contributed by atoms with Gasteiger partial charge in [0.1, 0.15) is 5.75 Å². The van der Waals surface area contributed by atoms with Crippen LogP contribution in [-0.2, 0) is 6.42 Å². The van der Waals surface area contributed by atoms with Crippen LogP contribution in [0, 0.1) is 6.92 Å². The second kappa shape index (κ2) is 8.65. The molecule has 2 aromatic carbocycles. The Morgan fingerprint density at radius 3 is 3.00 bits per heavy atom. The molecule has 2 heterocycles. The van der Waals surface area contributed by atoms with Gasteiger partial charge in [0.2, 0.25) is 0 Å². The Morgan fingerprint density at radius 2 is 2.11 bits per heavy atom. The van der Waals surface area contributed by atoms with E-state index < -0.39 is 0 Å². The number of rotatable bonds is 4. The Bertz CT molecular complexity index is 950. The summed E-state index contributed by atoms with van der Waals surface area (Å²) in [5.41, 5.74) is 11.0. The maximum absolute atomic E-state index is 6.13. The Labute approximate surface area is 176 Å². The number of nitrogens with one attached hydrogen (secondary N) is 2. The molecule has 3 aromatic rings. The molecular weight excluding hydrogens is 451 g/mol. The van der Waals surface area contributed by atoms with Gasteiger partial charge in [0, 0.05) is 35.6 Å². The molecular formula is C21H25IN4O. The molecule has 0 aliphatic carbocycles. The number of H-pyrrole nitrogens is 1. The molecule has 1 aliphatic heterocycles. The minimum atomic E-state index is 0. The molecule has 0 bridgehead atoms. The van der Waals surface area contributed by atoms with Crippen LogP contribution < -0.4 is 15.8 Å². The van der Waals surface area contributed by atoms with Gasteiger partial charge in [-0.15, -0.1) is 24.0 Å². The highest BCUT2D eigenvalue weighted by atomic mass is 127. The van der Waals surface area contributed by atoms with Gasteiger partial charge in [0.15, 0.2) is 5.96 Å². The third kappa shape index (κ3) is 4.21. The van der Waals surface area contributed by atoms with E-state index in [1.54, 1.807) is 0 Å². The van der Waals surface area contributed by atoms with Crippen LogP contribution in [0.4, 0.5) is 0 Å². The van der Waals surface area contributed by atoms with Crippen LogP contribution in [-0.4, -0.2) is 24.1 Å². The number of aryl methyl sites for hydroxylation is 1. The molecule has 1 aromatic heterocycles. The van der Waals surface area contributed by atoms with Gasteiger partial charge in [-0.05, 0) is 36.6 Å². The SMILES string of the molecule is Cc1cccc2[nH]cc(CCN=C(N)NC3CCOc4ccccc43)c12.I. The lowest BCUT2D eigenvalue weighted by molar-refractivity contribution is 0.262. The van der Waals surface area contributed by atoms with E-state index >= 15 is 0 Å². The third-order valence-corrected chi connectivity index (χ3v) is 4.94. The molecule has 0 saturated carbocycles. The quantitative estimate of drug-likeness (QED) is 0.302. The summed E-state index contributed by atoms with van der Waals surface area (Å²) >= 11 is 0. The molecule has 4 rings (SSSR count). The van der Waals surface area contributed by atoms with Crippen molar-refractivity contribution in [3.8, 4) is 5.75 Å². The van der Waals surface area contributed by atoms with Crippen LogP contribution in [0.15, 0.2) is 53.7 Å². The van der Waals surface area contributed by atoms with Gasteiger partial charge in [0.25, 0.3) is 0 Å². The second-order valence-electron chi connectivity index (χ2n) is 6.70. The smallest absolute Gasteiger partial charge is 0.189 e. The van der Waals surface area contributed by atoms with Crippen molar-refractivity contribution in [3.63, 3.8) is 0 Å². The van der Waals surface area contributed by atoms with E-state index in [0.717, 1.165) is 24.2 Å². The molecule has 0 radical (unpaired) electrons. The van der Waals surface area contributed by atoms with Gasteiger partial charge < -0.3 is 20.8 Å². The first-order valence-electron chi connectivity index (χ1n) is 9.06. The molecule has 1 aliphatic rings. The highest BCUT2D eigenvalue weighted by molar-refractivity contribution is 14.0. The number of guanidine groups is 1. The van der Waals surface area contributed by atoms with Gasteiger partial charge in [-0.1, -0.05) is 30.3 Å². The molecule has 1 atom stereocenters. The number of para-hydroxylation sites is 1. The van der Waals surface area contributed by atoms with E-state index in [2.05, 4.69) is 52.7 Å². The molecule has 4 N–H and O–H groups in total. The average molecular weight is 476 g/mol. The average Bonchev–Trinajstić information content (AvgIpc) is 3.07. The van der Waals surface area contributed by atoms with Crippen molar-refractivity contribution >= 4 is 40.8 Å². The molecule has 1 unspecified atom stereocenters. The summed E-state index contributed by atoms with van der Waals surface area (Å²) in [6.07, 6.45) is 3.82. The van der Waals surface area contributed by atoms with Gasteiger partial charge >= 0.3 is 0 Å². The summed E-state index contributed by atoms with van der Waals surface area (Å²) in [7, 11) is 0. The van der Waals surface area contributed by atoms with E-state index in [4.69, 9.17) is 10.5 Å². The van der Waals surface area contributed by atoms with Crippen molar-refractivity contribution in [2.75, 3.05) is 13.2 Å². The zero-order chi connectivity index (χ0) is 17.9. The van der Waals surface area contributed by atoms with E-state index in [-0.39, 0.29) is 30.0 Å². The van der Waals surface area contributed by atoms with Gasteiger partial charge in [-0.3, -0.25) is 4.99 Å². The zero-order valence-corrected chi connectivity index (χ0v) is 17.7. The van der Waals surface area contributed by atoms with Crippen LogP contribution in [0.25, 0.3) is 10.9 Å². The summed E-state index contributed by atoms with van der Waals surface area (Å²) in [5, 5.41) is 4.64. The number of benzene rings is 2. The first-order chi connectivity index (χ1) is 12.7. The summed E-state index contributed by atoms with van der Waals surface area (Å²) < 4.78 is 5.69. The zero-order valence-electron chi connectivity index (χ0n) is 15.4. The summed E-state index contributed by atoms with van der Waals surface area (Å²) in [6, 6.07) is 14.6. The first-order valence-corrected chi connectivity index (χ1v) is 9.06. The van der Waals surface area contributed by atoms with E-state index in [1.807, 2.05) is 18.2 Å². The predicted molar refractivity (Wildman–Crippen MR) is 121 cm³/mol. The Morgan fingerprint density at radius 1 is 1.26 bits per heavy atom. The number of fused-ring (bicyclic) bond motifs is 2. The number of hydrogen-bond donors (Lipinski definition) is 3. The minimum Gasteiger partial charge on any atom is -0.493 e. The standard InChI is InChI=1S/C21H24N4O.HI/c1-14-5-4-7-18-20(14)15(13-24-18)9-11-23-21(22)25-17-10-12-26-19-8-3-2-6-16(17)19;/h2-8,13,17,24H,9-12H2,1H3,(H3,22,23,25);1H. The predicted octanol–water partition coefficient (Wildman–Crippen LogP) is 4.06. The normalized spacial score (nSPS) is 16.3. The number of nitrogens with zero attached hydrogens (tertiary/aromatic N) is 1. The summed E-state index contributed by atoms with van der Waals surface area (Å²) in [5.74, 6) is 1.42. The van der Waals surface area contributed by atoms with E-state index in [9.17, 15) is 0 Å². The van der Waals surface area contributed by atoms with Crippen LogP contribution in [0.2, 0.25) is 0 Å². The van der Waals surface area contributed by atoms with E-state index in [1.165, 1.54) is 22.0 Å². The number of nitrogens with two attached hydrogens (primary N) is 1. The molecule has 6 heteroatoms. The molecule has 0 spiro atoms. The number of aromatic amines is 1. The lowest BCUT2D eigenvalue weighted by atomic mass is 10.0. The molecule has 0 amide bonds.